The number of hydrogen-bond acceptors (Lipinski definition) is 3. The van der Waals surface area contributed by atoms with Crippen LogP contribution in [-0.4, -0.2) is 13.8 Å². The van der Waals surface area contributed by atoms with Crippen LogP contribution in [0.1, 0.15) is 0 Å². The van der Waals surface area contributed by atoms with Crippen molar-refractivity contribution in [1.82, 2.24) is 5.32 Å². The van der Waals surface area contributed by atoms with E-state index in [0.29, 0.717) is 12.7 Å². The predicted molar refractivity (Wildman–Crippen MR) is 33.3 cm³/mol. The van der Waals surface area contributed by atoms with E-state index in [-0.39, 0.29) is 0 Å². The van der Waals surface area contributed by atoms with Gasteiger partial charge in [0.2, 0.25) is 0 Å². The Morgan fingerprint density at radius 3 is 3.22 bits per heavy atom. The average Bonchev–Trinajstić information content (AvgIpc) is 2.34. The molecular formula is C6H9NO2. The Balaban J connectivity index is 2.30. The Morgan fingerprint density at radius 2 is 2.67 bits per heavy atom. The molecule has 1 heterocycles. The first-order valence-corrected chi connectivity index (χ1v) is 2.74. The minimum Gasteiger partial charge on any atom is -0.449 e. The smallest absolute Gasteiger partial charge is 0.285 e. The molecule has 0 spiro atoms. The standard InChI is InChI=1S/C6H9NO2/c1-7-5-9-6-3-2-4-8-6/h2-4,7H,5H2,1H3. The quantitative estimate of drug-likeness (QED) is 0.611. The van der Waals surface area contributed by atoms with Gasteiger partial charge in [-0.15, -0.1) is 0 Å². The van der Waals surface area contributed by atoms with Crippen molar-refractivity contribution in [2.24, 2.45) is 0 Å². The lowest BCUT2D eigenvalue weighted by Crippen LogP contribution is -2.13. The molecule has 0 radical (unpaired) electrons. The van der Waals surface area contributed by atoms with Crippen LogP contribution in [0.25, 0.3) is 0 Å². The van der Waals surface area contributed by atoms with Crippen LogP contribution in [0.4, 0.5) is 0 Å². The number of ether oxygens (including phenoxy) is 1. The van der Waals surface area contributed by atoms with Gasteiger partial charge >= 0.3 is 0 Å². The van der Waals surface area contributed by atoms with E-state index in [0.717, 1.165) is 0 Å². The molecule has 3 heteroatoms. The first kappa shape index (κ1) is 6.16. The van der Waals surface area contributed by atoms with Crippen LogP contribution in [0.5, 0.6) is 5.95 Å². The van der Waals surface area contributed by atoms with Gasteiger partial charge in [-0.25, -0.2) is 0 Å². The third-order valence-corrected chi connectivity index (χ3v) is 0.854. The maximum atomic E-state index is 5.02. The van der Waals surface area contributed by atoms with Crippen LogP contribution >= 0.6 is 0 Å². The van der Waals surface area contributed by atoms with E-state index in [4.69, 9.17) is 9.15 Å². The fourth-order valence-electron chi connectivity index (χ4n) is 0.489. The van der Waals surface area contributed by atoms with Crippen molar-refractivity contribution in [1.29, 1.82) is 0 Å². The minimum absolute atomic E-state index is 0.480. The number of furan rings is 1. The zero-order valence-corrected chi connectivity index (χ0v) is 5.26. The molecular weight excluding hydrogens is 118 g/mol. The molecule has 0 fully saturated rings. The van der Waals surface area contributed by atoms with Crippen LogP contribution in [0.3, 0.4) is 0 Å². The molecule has 9 heavy (non-hydrogen) atoms. The maximum absolute atomic E-state index is 5.02. The fraction of sp³-hybridized carbons (Fsp3) is 0.333. The fourth-order valence-corrected chi connectivity index (χ4v) is 0.489. The van der Waals surface area contributed by atoms with E-state index in [1.807, 2.05) is 7.05 Å². The van der Waals surface area contributed by atoms with E-state index in [9.17, 15) is 0 Å². The van der Waals surface area contributed by atoms with Crippen molar-refractivity contribution in [2.75, 3.05) is 13.8 Å². The van der Waals surface area contributed by atoms with Crippen molar-refractivity contribution < 1.29 is 9.15 Å². The molecule has 0 unspecified atom stereocenters. The number of hydrogen-bond donors (Lipinski definition) is 1. The van der Waals surface area contributed by atoms with Crippen LogP contribution in [0, 0.1) is 0 Å². The van der Waals surface area contributed by atoms with Crippen molar-refractivity contribution in [3.05, 3.63) is 18.4 Å². The molecule has 0 aliphatic carbocycles. The normalized spacial score (nSPS) is 9.44. The molecule has 3 nitrogen and oxygen atoms in total. The van der Waals surface area contributed by atoms with Gasteiger partial charge in [0.25, 0.3) is 5.95 Å². The van der Waals surface area contributed by atoms with Crippen molar-refractivity contribution in [3.8, 4) is 5.95 Å². The second kappa shape index (κ2) is 3.14. The molecule has 0 aromatic carbocycles. The van der Waals surface area contributed by atoms with Crippen LogP contribution in [0.2, 0.25) is 0 Å². The van der Waals surface area contributed by atoms with Crippen LogP contribution in [0.15, 0.2) is 22.8 Å². The average molecular weight is 127 g/mol. The predicted octanol–water partition coefficient (Wildman–Crippen LogP) is 0.835. The van der Waals surface area contributed by atoms with E-state index < -0.39 is 0 Å². The zero-order chi connectivity index (χ0) is 6.53. The molecule has 0 aliphatic heterocycles. The first-order valence-electron chi connectivity index (χ1n) is 2.74. The van der Waals surface area contributed by atoms with Gasteiger partial charge in [0.1, 0.15) is 6.73 Å². The summed E-state index contributed by atoms with van der Waals surface area (Å²) in [4.78, 5) is 0. The topological polar surface area (TPSA) is 34.4 Å². The van der Waals surface area contributed by atoms with E-state index in [1.54, 1.807) is 18.4 Å². The van der Waals surface area contributed by atoms with Crippen molar-refractivity contribution >= 4 is 0 Å². The Morgan fingerprint density at radius 1 is 1.78 bits per heavy atom. The summed E-state index contributed by atoms with van der Waals surface area (Å²) in [6.45, 7) is 0.480. The highest BCUT2D eigenvalue weighted by Gasteiger charge is 1.90. The second-order valence-corrected chi connectivity index (χ2v) is 1.57. The maximum Gasteiger partial charge on any atom is 0.285 e. The molecule has 0 saturated carbocycles. The monoisotopic (exact) mass is 127 g/mol. The van der Waals surface area contributed by atoms with Crippen LogP contribution in [-0.2, 0) is 0 Å². The van der Waals surface area contributed by atoms with Gasteiger partial charge in [-0.05, 0) is 13.1 Å². The molecule has 0 atom stereocenters. The van der Waals surface area contributed by atoms with Gasteiger partial charge < -0.3 is 9.15 Å². The van der Waals surface area contributed by atoms with E-state index in [2.05, 4.69) is 5.32 Å². The Hall–Kier alpha value is -0.960. The van der Waals surface area contributed by atoms with E-state index >= 15 is 0 Å². The molecule has 0 amide bonds. The van der Waals surface area contributed by atoms with Gasteiger partial charge in [-0.3, -0.25) is 5.32 Å². The molecule has 1 aromatic rings. The van der Waals surface area contributed by atoms with Gasteiger partial charge in [0.05, 0.1) is 6.26 Å². The Labute approximate surface area is 53.6 Å². The first-order chi connectivity index (χ1) is 4.43. The molecule has 1 rings (SSSR count). The third-order valence-electron chi connectivity index (χ3n) is 0.854. The summed E-state index contributed by atoms with van der Waals surface area (Å²) >= 11 is 0. The Bertz CT molecular complexity index is 148. The third kappa shape index (κ3) is 1.77. The highest BCUT2D eigenvalue weighted by atomic mass is 16.6. The van der Waals surface area contributed by atoms with E-state index in [1.165, 1.54) is 0 Å². The summed E-state index contributed by atoms with van der Waals surface area (Å²) in [5.41, 5.74) is 0. The number of nitrogens with one attached hydrogen (secondary N) is 1. The lowest BCUT2D eigenvalue weighted by Gasteiger charge is -1.97. The summed E-state index contributed by atoms with van der Waals surface area (Å²) < 4.78 is 9.89. The zero-order valence-electron chi connectivity index (χ0n) is 5.26. The SMILES string of the molecule is CNCOc1ccco1. The summed E-state index contributed by atoms with van der Waals surface area (Å²) in [6.07, 6.45) is 1.57. The second-order valence-electron chi connectivity index (χ2n) is 1.57. The summed E-state index contributed by atoms with van der Waals surface area (Å²) in [6, 6.07) is 3.54. The Kier molecular flexibility index (Phi) is 2.15. The highest BCUT2D eigenvalue weighted by Crippen LogP contribution is 2.08. The van der Waals surface area contributed by atoms with Crippen LogP contribution < -0.4 is 10.1 Å². The lowest BCUT2D eigenvalue weighted by molar-refractivity contribution is 0.229. The molecule has 50 valence electrons. The lowest BCUT2D eigenvalue weighted by atomic mass is 10.7. The highest BCUT2D eigenvalue weighted by molar-refractivity contribution is 5.03. The summed E-state index contributed by atoms with van der Waals surface area (Å²) in [7, 11) is 1.81. The molecule has 0 bridgehead atoms. The summed E-state index contributed by atoms with van der Waals surface area (Å²) in [5, 5.41) is 2.82. The molecule has 1 N–H and O–H groups in total. The van der Waals surface area contributed by atoms with Gasteiger partial charge in [0, 0.05) is 6.07 Å². The molecule has 0 aliphatic rings. The van der Waals surface area contributed by atoms with Crippen molar-refractivity contribution in [3.63, 3.8) is 0 Å². The molecule has 0 saturated heterocycles. The number of rotatable bonds is 3. The van der Waals surface area contributed by atoms with Crippen molar-refractivity contribution in [2.45, 2.75) is 0 Å². The van der Waals surface area contributed by atoms with Gasteiger partial charge in [-0.1, -0.05) is 0 Å². The molecule has 1 aromatic heterocycles. The largest absolute Gasteiger partial charge is 0.449 e. The van der Waals surface area contributed by atoms with Gasteiger partial charge in [0.15, 0.2) is 0 Å². The summed E-state index contributed by atoms with van der Waals surface area (Å²) in [5.74, 6) is 0.546. The van der Waals surface area contributed by atoms with Gasteiger partial charge in [-0.2, -0.15) is 0 Å². The minimum atomic E-state index is 0.480.